The van der Waals surface area contributed by atoms with Crippen molar-refractivity contribution in [3.8, 4) is 0 Å². The zero-order valence-corrected chi connectivity index (χ0v) is 12.3. The van der Waals surface area contributed by atoms with Gasteiger partial charge in [-0.1, -0.05) is 17.4 Å². The van der Waals surface area contributed by atoms with Crippen molar-refractivity contribution in [2.24, 2.45) is 0 Å². The zero-order valence-electron chi connectivity index (χ0n) is 9.86. The number of anilines is 3. The van der Waals surface area contributed by atoms with Crippen molar-refractivity contribution in [1.29, 1.82) is 0 Å². The lowest BCUT2D eigenvalue weighted by molar-refractivity contribution is 1.07. The molecule has 90 valence electrons. The van der Waals surface area contributed by atoms with Gasteiger partial charge in [0.2, 0.25) is 5.13 Å². The predicted octanol–water partition coefficient (Wildman–Crippen LogP) is 3.42. The van der Waals surface area contributed by atoms with Crippen molar-refractivity contribution in [2.45, 2.75) is 6.92 Å². The molecule has 4 nitrogen and oxygen atoms in total. The van der Waals surface area contributed by atoms with Gasteiger partial charge in [-0.2, -0.15) is 0 Å². The van der Waals surface area contributed by atoms with Gasteiger partial charge < -0.3 is 10.2 Å². The van der Waals surface area contributed by atoms with Crippen LogP contribution >= 0.6 is 27.3 Å². The van der Waals surface area contributed by atoms with E-state index in [9.17, 15) is 0 Å². The molecule has 0 unspecified atom stereocenters. The predicted molar refractivity (Wildman–Crippen MR) is 76.4 cm³/mol. The van der Waals surface area contributed by atoms with Crippen LogP contribution in [0.4, 0.5) is 16.5 Å². The van der Waals surface area contributed by atoms with Crippen LogP contribution in [0, 0.1) is 6.92 Å². The van der Waals surface area contributed by atoms with E-state index in [2.05, 4.69) is 55.4 Å². The van der Waals surface area contributed by atoms with Gasteiger partial charge in [-0.15, -0.1) is 10.2 Å². The van der Waals surface area contributed by atoms with E-state index in [4.69, 9.17) is 0 Å². The average molecular weight is 313 g/mol. The highest BCUT2D eigenvalue weighted by Crippen LogP contribution is 2.27. The summed E-state index contributed by atoms with van der Waals surface area (Å²) in [5.41, 5.74) is 3.46. The van der Waals surface area contributed by atoms with Crippen LogP contribution in [-0.4, -0.2) is 24.3 Å². The molecule has 0 saturated heterocycles. The minimum absolute atomic E-state index is 0.778. The molecule has 0 atom stereocenters. The Kier molecular flexibility index (Phi) is 3.63. The van der Waals surface area contributed by atoms with Gasteiger partial charge in [0.15, 0.2) is 3.92 Å². The van der Waals surface area contributed by atoms with Gasteiger partial charge in [-0.05, 0) is 40.5 Å². The topological polar surface area (TPSA) is 41.1 Å². The molecule has 6 heteroatoms. The fourth-order valence-electron chi connectivity index (χ4n) is 1.55. The zero-order chi connectivity index (χ0) is 12.4. The van der Waals surface area contributed by atoms with E-state index in [0.717, 1.165) is 14.7 Å². The van der Waals surface area contributed by atoms with Gasteiger partial charge in [0.25, 0.3) is 0 Å². The van der Waals surface area contributed by atoms with Gasteiger partial charge in [0.1, 0.15) is 0 Å². The molecule has 17 heavy (non-hydrogen) atoms. The van der Waals surface area contributed by atoms with Crippen LogP contribution in [0.5, 0.6) is 0 Å². The number of nitrogens with zero attached hydrogens (tertiary/aromatic N) is 3. The lowest BCUT2D eigenvalue weighted by Crippen LogP contribution is -2.10. The van der Waals surface area contributed by atoms with E-state index in [0.29, 0.717) is 0 Å². The molecular weight excluding hydrogens is 300 g/mol. The molecule has 2 rings (SSSR count). The minimum atomic E-state index is 0.778. The fourth-order valence-corrected chi connectivity index (χ4v) is 2.58. The molecule has 0 aliphatic carbocycles. The molecule has 1 heterocycles. The second-order valence-electron chi connectivity index (χ2n) is 3.88. The molecule has 1 aromatic carbocycles. The van der Waals surface area contributed by atoms with Crippen LogP contribution in [0.1, 0.15) is 5.56 Å². The molecule has 1 aromatic heterocycles. The molecule has 0 aliphatic heterocycles. The summed E-state index contributed by atoms with van der Waals surface area (Å²) in [7, 11) is 4.07. The first-order valence-electron chi connectivity index (χ1n) is 5.10. The molecular formula is C11H13BrN4S. The second-order valence-corrected chi connectivity index (χ2v) is 6.13. The van der Waals surface area contributed by atoms with Crippen molar-refractivity contribution >= 4 is 43.8 Å². The molecule has 0 amide bonds. The number of nitrogens with one attached hydrogen (secondary N) is 1. The van der Waals surface area contributed by atoms with Crippen LogP contribution in [0.3, 0.4) is 0 Å². The first kappa shape index (κ1) is 12.3. The Morgan fingerprint density at radius 3 is 2.65 bits per heavy atom. The lowest BCUT2D eigenvalue weighted by atomic mass is 10.1. The first-order valence-corrected chi connectivity index (χ1v) is 6.71. The minimum Gasteiger partial charge on any atom is -0.377 e. The normalized spacial score (nSPS) is 10.4. The summed E-state index contributed by atoms with van der Waals surface area (Å²) >= 11 is 4.76. The number of aromatic nitrogens is 2. The summed E-state index contributed by atoms with van der Waals surface area (Å²) in [5, 5.41) is 11.9. The smallest absolute Gasteiger partial charge is 0.210 e. The highest BCUT2D eigenvalue weighted by molar-refractivity contribution is 9.11. The van der Waals surface area contributed by atoms with E-state index in [-0.39, 0.29) is 0 Å². The Morgan fingerprint density at radius 1 is 1.29 bits per heavy atom. The highest BCUT2D eigenvalue weighted by atomic mass is 79.9. The Bertz CT molecular complexity index is 524. The largest absolute Gasteiger partial charge is 0.377 e. The molecule has 0 bridgehead atoms. The van der Waals surface area contributed by atoms with Gasteiger partial charge in [-0.25, -0.2) is 0 Å². The summed E-state index contributed by atoms with van der Waals surface area (Å²) in [4.78, 5) is 2.09. The Hall–Kier alpha value is -1.14. The monoisotopic (exact) mass is 312 g/mol. The third-order valence-electron chi connectivity index (χ3n) is 2.34. The molecule has 0 radical (unpaired) electrons. The van der Waals surface area contributed by atoms with Gasteiger partial charge in [0, 0.05) is 25.5 Å². The van der Waals surface area contributed by atoms with Gasteiger partial charge in [0.05, 0.1) is 0 Å². The maximum absolute atomic E-state index is 4.00. The van der Waals surface area contributed by atoms with Crippen molar-refractivity contribution in [3.05, 3.63) is 27.7 Å². The summed E-state index contributed by atoms with van der Waals surface area (Å²) < 4.78 is 0.778. The van der Waals surface area contributed by atoms with E-state index in [1.807, 2.05) is 20.2 Å². The van der Waals surface area contributed by atoms with E-state index < -0.39 is 0 Å². The Balaban J connectivity index is 2.25. The van der Waals surface area contributed by atoms with Gasteiger partial charge in [-0.3, -0.25) is 0 Å². The number of hydrogen-bond donors (Lipinski definition) is 1. The van der Waals surface area contributed by atoms with Crippen LogP contribution in [0.25, 0.3) is 0 Å². The molecule has 0 aliphatic rings. The van der Waals surface area contributed by atoms with Crippen LogP contribution in [0.15, 0.2) is 22.1 Å². The van der Waals surface area contributed by atoms with Crippen molar-refractivity contribution in [1.82, 2.24) is 10.2 Å². The highest BCUT2D eigenvalue weighted by Gasteiger charge is 2.05. The summed E-state index contributed by atoms with van der Waals surface area (Å²) in [6.45, 7) is 2.10. The van der Waals surface area contributed by atoms with Crippen molar-refractivity contribution in [3.63, 3.8) is 0 Å². The van der Waals surface area contributed by atoms with Crippen LogP contribution in [-0.2, 0) is 0 Å². The molecule has 2 aromatic rings. The number of hydrogen-bond acceptors (Lipinski definition) is 5. The number of aryl methyl sites for hydroxylation is 1. The molecule has 0 spiro atoms. The quantitative estimate of drug-likeness (QED) is 0.943. The molecule has 0 fully saturated rings. The van der Waals surface area contributed by atoms with Crippen molar-refractivity contribution < 1.29 is 0 Å². The number of rotatable bonds is 3. The fraction of sp³-hybridized carbons (Fsp3) is 0.273. The van der Waals surface area contributed by atoms with Crippen LogP contribution in [0.2, 0.25) is 0 Å². The first-order chi connectivity index (χ1) is 8.06. The SMILES string of the molecule is Cc1ccc(Nc2nnc(Br)s2)cc1N(C)C. The van der Waals surface area contributed by atoms with E-state index in [1.54, 1.807) is 0 Å². The summed E-state index contributed by atoms with van der Waals surface area (Å²) in [6, 6.07) is 6.23. The average Bonchev–Trinajstić information content (AvgIpc) is 2.66. The van der Waals surface area contributed by atoms with E-state index in [1.165, 1.54) is 22.6 Å². The standard InChI is InChI=1S/C11H13BrN4S/c1-7-4-5-8(6-9(7)16(2)3)13-11-15-14-10(12)17-11/h4-6H,1-3H3,(H,13,15). The molecule has 0 saturated carbocycles. The van der Waals surface area contributed by atoms with Crippen LogP contribution < -0.4 is 10.2 Å². The van der Waals surface area contributed by atoms with Crippen molar-refractivity contribution in [2.75, 3.05) is 24.3 Å². The van der Waals surface area contributed by atoms with Gasteiger partial charge >= 0.3 is 0 Å². The molecule has 1 N–H and O–H groups in total. The van der Waals surface area contributed by atoms with E-state index >= 15 is 0 Å². The Labute approximate surface area is 113 Å². The maximum atomic E-state index is 4.00. The summed E-state index contributed by atoms with van der Waals surface area (Å²) in [6.07, 6.45) is 0. The third-order valence-corrected chi connectivity index (χ3v) is 3.61. The summed E-state index contributed by atoms with van der Waals surface area (Å²) in [5.74, 6) is 0. The lowest BCUT2D eigenvalue weighted by Gasteiger charge is -2.16. The Morgan fingerprint density at radius 2 is 2.06 bits per heavy atom. The number of halogens is 1. The third kappa shape index (κ3) is 2.95. The number of benzene rings is 1. The maximum Gasteiger partial charge on any atom is 0.210 e. The second kappa shape index (κ2) is 5.01.